The normalized spacial score (nSPS) is 16.7. The van der Waals surface area contributed by atoms with Gasteiger partial charge in [-0.05, 0) is 42.7 Å². The standard InChI is InChI=1S/C15H14N4/c16-15(5-6-15)11-1-2-12-13(9-11)19-14(18-12)10-3-7-17-8-4-10/h1-4,7-9H,5-6,16H2,(H,18,19). The molecule has 0 amide bonds. The molecule has 2 heterocycles. The summed E-state index contributed by atoms with van der Waals surface area (Å²) in [6.07, 6.45) is 5.69. The van der Waals surface area contributed by atoms with Gasteiger partial charge in [-0.15, -0.1) is 0 Å². The molecular weight excluding hydrogens is 236 g/mol. The summed E-state index contributed by atoms with van der Waals surface area (Å²) in [6, 6.07) is 10.2. The van der Waals surface area contributed by atoms with Gasteiger partial charge in [-0.1, -0.05) is 6.07 Å². The van der Waals surface area contributed by atoms with Gasteiger partial charge in [0.2, 0.25) is 0 Å². The maximum atomic E-state index is 6.23. The Labute approximate surface area is 110 Å². The fourth-order valence-electron chi connectivity index (χ4n) is 2.39. The van der Waals surface area contributed by atoms with Gasteiger partial charge >= 0.3 is 0 Å². The zero-order valence-corrected chi connectivity index (χ0v) is 10.4. The van der Waals surface area contributed by atoms with Gasteiger partial charge in [-0.25, -0.2) is 4.98 Å². The lowest BCUT2D eigenvalue weighted by Crippen LogP contribution is -2.18. The predicted octanol–water partition coefficient (Wildman–Crippen LogP) is 2.57. The number of nitrogens with one attached hydrogen (secondary N) is 1. The van der Waals surface area contributed by atoms with E-state index in [0.717, 1.165) is 35.3 Å². The molecule has 4 nitrogen and oxygen atoms in total. The maximum absolute atomic E-state index is 6.23. The van der Waals surface area contributed by atoms with Crippen molar-refractivity contribution in [3.63, 3.8) is 0 Å². The number of benzene rings is 1. The van der Waals surface area contributed by atoms with Gasteiger partial charge in [-0.2, -0.15) is 0 Å². The zero-order chi connectivity index (χ0) is 12.9. The lowest BCUT2D eigenvalue weighted by molar-refractivity contribution is 0.741. The molecule has 19 heavy (non-hydrogen) atoms. The molecule has 4 heteroatoms. The molecule has 1 fully saturated rings. The van der Waals surface area contributed by atoms with Crippen LogP contribution in [-0.2, 0) is 5.54 Å². The summed E-state index contributed by atoms with van der Waals surface area (Å²) >= 11 is 0. The first-order valence-electron chi connectivity index (χ1n) is 6.44. The Morgan fingerprint density at radius 1 is 1.11 bits per heavy atom. The van der Waals surface area contributed by atoms with E-state index in [1.807, 2.05) is 18.2 Å². The molecule has 0 spiro atoms. The van der Waals surface area contributed by atoms with Crippen LogP contribution in [0, 0.1) is 0 Å². The van der Waals surface area contributed by atoms with E-state index in [1.54, 1.807) is 12.4 Å². The van der Waals surface area contributed by atoms with Crippen LogP contribution in [0.3, 0.4) is 0 Å². The number of H-pyrrole nitrogens is 1. The largest absolute Gasteiger partial charge is 0.338 e. The number of nitrogens with zero attached hydrogens (tertiary/aromatic N) is 2. The van der Waals surface area contributed by atoms with Crippen molar-refractivity contribution in [3.05, 3.63) is 48.3 Å². The van der Waals surface area contributed by atoms with Crippen LogP contribution in [0.15, 0.2) is 42.7 Å². The Hall–Kier alpha value is -2.20. The van der Waals surface area contributed by atoms with Gasteiger partial charge < -0.3 is 10.7 Å². The monoisotopic (exact) mass is 250 g/mol. The molecule has 1 saturated carbocycles. The van der Waals surface area contributed by atoms with E-state index in [2.05, 4.69) is 27.1 Å². The van der Waals surface area contributed by atoms with Crippen LogP contribution in [0.1, 0.15) is 18.4 Å². The third-order valence-corrected chi connectivity index (χ3v) is 3.80. The molecule has 0 aliphatic heterocycles. The van der Waals surface area contributed by atoms with Crippen LogP contribution in [0.2, 0.25) is 0 Å². The predicted molar refractivity (Wildman–Crippen MR) is 74.4 cm³/mol. The third kappa shape index (κ3) is 1.72. The SMILES string of the molecule is NC1(c2ccc3nc(-c4ccncc4)[nH]c3c2)CC1. The summed E-state index contributed by atoms with van der Waals surface area (Å²) in [6.45, 7) is 0. The highest BCUT2D eigenvalue weighted by atomic mass is 14.9. The lowest BCUT2D eigenvalue weighted by atomic mass is 10.1. The van der Waals surface area contributed by atoms with Gasteiger partial charge in [0.05, 0.1) is 11.0 Å². The highest BCUT2D eigenvalue weighted by molar-refractivity contribution is 5.80. The molecule has 0 atom stereocenters. The minimum absolute atomic E-state index is 0.101. The van der Waals surface area contributed by atoms with Gasteiger partial charge in [-0.3, -0.25) is 4.98 Å². The second-order valence-corrected chi connectivity index (χ2v) is 5.21. The third-order valence-electron chi connectivity index (χ3n) is 3.80. The Morgan fingerprint density at radius 3 is 2.63 bits per heavy atom. The second-order valence-electron chi connectivity index (χ2n) is 5.21. The van der Waals surface area contributed by atoms with E-state index in [1.165, 1.54) is 5.56 Å². The van der Waals surface area contributed by atoms with Crippen LogP contribution in [0.4, 0.5) is 0 Å². The molecule has 1 aromatic carbocycles. The van der Waals surface area contributed by atoms with Crippen molar-refractivity contribution in [2.45, 2.75) is 18.4 Å². The van der Waals surface area contributed by atoms with Gasteiger partial charge in [0, 0.05) is 23.5 Å². The van der Waals surface area contributed by atoms with Crippen molar-refractivity contribution in [2.75, 3.05) is 0 Å². The number of hydrogen-bond donors (Lipinski definition) is 2. The van der Waals surface area contributed by atoms with Crippen molar-refractivity contribution in [3.8, 4) is 11.4 Å². The van der Waals surface area contributed by atoms with Gasteiger partial charge in [0.15, 0.2) is 0 Å². The molecule has 3 N–H and O–H groups in total. The molecule has 1 aliphatic carbocycles. The number of aromatic nitrogens is 3. The molecule has 2 aromatic heterocycles. The average molecular weight is 250 g/mol. The Balaban J connectivity index is 1.83. The van der Waals surface area contributed by atoms with Crippen molar-refractivity contribution in [1.29, 1.82) is 0 Å². The Kier molecular flexibility index (Phi) is 2.05. The first kappa shape index (κ1) is 10.7. The maximum Gasteiger partial charge on any atom is 0.138 e. The molecule has 94 valence electrons. The summed E-state index contributed by atoms with van der Waals surface area (Å²) in [4.78, 5) is 12.0. The molecule has 0 radical (unpaired) electrons. The number of hydrogen-bond acceptors (Lipinski definition) is 3. The number of fused-ring (bicyclic) bond motifs is 1. The highest BCUT2D eigenvalue weighted by Gasteiger charge is 2.40. The lowest BCUT2D eigenvalue weighted by Gasteiger charge is -2.07. The number of imidazole rings is 1. The van der Waals surface area contributed by atoms with Crippen LogP contribution in [0.5, 0.6) is 0 Å². The summed E-state index contributed by atoms with van der Waals surface area (Å²) in [7, 11) is 0. The summed E-state index contributed by atoms with van der Waals surface area (Å²) in [5, 5.41) is 0. The topological polar surface area (TPSA) is 67.6 Å². The minimum atomic E-state index is -0.101. The van der Waals surface area contributed by atoms with E-state index in [4.69, 9.17) is 5.73 Å². The molecule has 3 aromatic rings. The summed E-state index contributed by atoms with van der Waals surface area (Å²) < 4.78 is 0. The summed E-state index contributed by atoms with van der Waals surface area (Å²) in [5.74, 6) is 0.872. The Bertz CT molecular complexity index is 741. The molecule has 4 rings (SSSR count). The van der Waals surface area contributed by atoms with E-state index in [0.29, 0.717) is 0 Å². The van der Waals surface area contributed by atoms with Crippen molar-refractivity contribution >= 4 is 11.0 Å². The first-order valence-corrected chi connectivity index (χ1v) is 6.44. The van der Waals surface area contributed by atoms with Crippen molar-refractivity contribution in [2.24, 2.45) is 5.73 Å². The average Bonchev–Trinajstić information content (AvgIpc) is 3.06. The quantitative estimate of drug-likeness (QED) is 0.734. The van der Waals surface area contributed by atoms with Gasteiger partial charge in [0.1, 0.15) is 5.82 Å². The first-order chi connectivity index (χ1) is 9.24. The highest BCUT2D eigenvalue weighted by Crippen LogP contribution is 2.43. The fourth-order valence-corrected chi connectivity index (χ4v) is 2.39. The van der Waals surface area contributed by atoms with E-state index in [-0.39, 0.29) is 5.54 Å². The van der Waals surface area contributed by atoms with Crippen LogP contribution in [0.25, 0.3) is 22.4 Å². The molecule has 0 unspecified atom stereocenters. The summed E-state index contributed by atoms with van der Waals surface area (Å²) in [5.41, 5.74) is 10.4. The smallest absolute Gasteiger partial charge is 0.138 e. The number of nitrogens with two attached hydrogens (primary N) is 1. The Morgan fingerprint density at radius 2 is 1.89 bits per heavy atom. The van der Waals surface area contributed by atoms with Gasteiger partial charge in [0.25, 0.3) is 0 Å². The number of rotatable bonds is 2. The van der Waals surface area contributed by atoms with E-state index >= 15 is 0 Å². The minimum Gasteiger partial charge on any atom is -0.338 e. The number of aromatic amines is 1. The molecule has 0 bridgehead atoms. The second kappa shape index (κ2) is 3.65. The molecular formula is C15H14N4. The van der Waals surface area contributed by atoms with Crippen molar-refractivity contribution in [1.82, 2.24) is 15.0 Å². The fraction of sp³-hybridized carbons (Fsp3) is 0.200. The molecule has 0 saturated heterocycles. The van der Waals surface area contributed by atoms with Crippen LogP contribution >= 0.6 is 0 Å². The van der Waals surface area contributed by atoms with E-state index in [9.17, 15) is 0 Å². The number of pyridine rings is 1. The van der Waals surface area contributed by atoms with Crippen LogP contribution < -0.4 is 5.73 Å². The molecule has 1 aliphatic rings. The van der Waals surface area contributed by atoms with Crippen LogP contribution in [-0.4, -0.2) is 15.0 Å². The van der Waals surface area contributed by atoms with Crippen molar-refractivity contribution < 1.29 is 0 Å². The van der Waals surface area contributed by atoms with E-state index < -0.39 is 0 Å². The zero-order valence-electron chi connectivity index (χ0n) is 10.4.